The van der Waals surface area contributed by atoms with E-state index < -0.39 is 0 Å². The summed E-state index contributed by atoms with van der Waals surface area (Å²) in [5, 5.41) is 6.49. The number of nitrogens with one attached hydrogen (secondary N) is 2. The van der Waals surface area contributed by atoms with Crippen molar-refractivity contribution >= 4 is 34.0 Å². The molecule has 0 saturated carbocycles. The van der Waals surface area contributed by atoms with E-state index in [1.54, 1.807) is 13.2 Å². The smallest absolute Gasteiger partial charge is 0.138 e. The summed E-state index contributed by atoms with van der Waals surface area (Å²) in [5.74, 6) is -0.193. The third-order valence-electron chi connectivity index (χ3n) is 2.33. The summed E-state index contributed by atoms with van der Waals surface area (Å²) in [6.07, 6.45) is 0. The molecule has 0 aliphatic carbocycles. The van der Waals surface area contributed by atoms with E-state index in [0.717, 1.165) is 17.9 Å². The number of hydrogen-bond donors (Lipinski definition) is 2. The molecule has 0 radical (unpaired) electrons. The number of ether oxygens (including phenoxy) is 1. The van der Waals surface area contributed by atoms with Crippen LogP contribution in [0.4, 0.5) is 15.8 Å². The number of fused-ring (bicyclic) bond motifs is 1. The van der Waals surface area contributed by atoms with E-state index in [0.29, 0.717) is 10.2 Å². The lowest BCUT2D eigenvalue weighted by Crippen LogP contribution is -2.36. The molecule has 2 rings (SSSR count). The molecule has 1 aromatic carbocycles. The molecule has 1 aliphatic heterocycles. The Morgan fingerprint density at radius 2 is 2.33 bits per heavy atom. The van der Waals surface area contributed by atoms with Crippen molar-refractivity contribution in [1.29, 1.82) is 0 Å². The second kappa shape index (κ2) is 4.52. The van der Waals surface area contributed by atoms with E-state index in [1.165, 1.54) is 6.07 Å². The molecule has 15 heavy (non-hydrogen) atoms. The van der Waals surface area contributed by atoms with E-state index in [2.05, 4.69) is 10.6 Å². The second-order valence-corrected chi connectivity index (χ2v) is 4.65. The summed E-state index contributed by atoms with van der Waals surface area (Å²) in [5.41, 5.74) is 1.76. The van der Waals surface area contributed by atoms with Crippen LogP contribution in [0.15, 0.2) is 12.1 Å². The van der Waals surface area contributed by atoms with Gasteiger partial charge < -0.3 is 15.4 Å². The number of hydrogen-bond acceptors (Lipinski definition) is 3. The fraction of sp³-hybridized carbons (Fsp3) is 0.400. The molecule has 3 nitrogen and oxygen atoms in total. The van der Waals surface area contributed by atoms with Gasteiger partial charge in [-0.2, -0.15) is 0 Å². The van der Waals surface area contributed by atoms with Gasteiger partial charge in [-0.1, -0.05) is 0 Å². The van der Waals surface area contributed by atoms with E-state index in [4.69, 9.17) is 4.74 Å². The van der Waals surface area contributed by atoms with Gasteiger partial charge in [0.15, 0.2) is 0 Å². The molecule has 1 unspecified atom stereocenters. The lowest BCUT2D eigenvalue weighted by Gasteiger charge is -2.28. The first kappa shape index (κ1) is 10.9. The van der Waals surface area contributed by atoms with Crippen LogP contribution in [0.2, 0.25) is 0 Å². The van der Waals surface area contributed by atoms with Crippen LogP contribution in [-0.2, 0) is 4.74 Å². The summed E-state index contributed by atoms with van der Waals surface area (Å²) in [6, 6.07) is 3.52. The van der Waals surface area contributed by atoms with Crippen molar-refractivity contribution in [3.8, 4) is 0 Å². The molecule has 82 valence electrons. The Hall–Kier alpha value is -0.560. The molecule has 1 aliphatic rings. The highest BCUT2D eigenvalue weighted by molar-refractivity contribution is 14.1. The third kappa shape index (κ3) is 2.34. The Labute approximate surface area is 102 Å². The highest BCUT2D eigenvalue weighted by atomic mass is 127. The van der Waals surface area contributed by atoms with E-state index in [-0.39, 0.29) is 11.9 Å². The van der Waals surface area contributed by atoms with E-state index >= 15 is 0 Å². The predicted octanol–water partition coefficient (Wildman–Crippen LogP) is 2.28. The molecule has 0 saturated heterocycles. The minimum Gasteiger partial charge on any atom is -0.382 e. The predicted molar refractivity (Wildman–Crippen MR) is 66.9 cm³/mol. The standard InChI is InChI=1S/C10H12FIN2O/c1-15-5-6-4-13-9-3-8(12)7(11)2-10(9)14-6/h2-3,6,13-14H,4-5H2,1H3. The molecule has 1 atom stereocenters. The van der Waals surface area contributed by atoms with E-state index in [9.17, 15) is 4.39 Å². The van der Waals surface area contributed by atoms with Crippen molar-refractivity contribution in [2.75, 3.05) is 30.9 Å². The minimum absolute atomic E-state index is 0.193. The van der Waals surface area contributed by atoms with Crippen LogP contribution in [0.1, 0.15) is 0 Å². The topological polar surface area (TPSA) is 33.3 Å². The summed E-state index contributed by atoms with van der Waals surface area (Å²) in [6.45, 7) is 1.41. The fourth-order valence-electron chi connectivity index (χ4n) is 1.62. The van der Waals surface area contributed by atoms with Crippen LogP contribution in [-0.4, -0.2) is 26.3 Å². The van der Waals surface area contributed by atoms with E-state index in [1.807, 2.05) is 22.6 Å². The first-order chi connectivity index (χ1) is 7.20. The van der Waals surface area contributed by atoms with Crippen molar-refractivity contribution in [2.24, 2.45) is 0 Å². The SMILES string of the molecule is COCC1CNc2cc(I)c(F)cc2N1. The Balaban J connectivity index is 2.22. The normalized spacial score (nSPS) is 19.0. The summed E-state index contributed by atoms with van der Waals surface area (Å²) < 4.78 is 19.0. The Kier molecular flexibility index (Phi) is 3.30. The molecule has 2 N–H and O–H groups in total. The summed E-state index contributed by atoms with van der Waals surface area (Å²) in [4.78, 5) is 0. The third-order valence-corrected chi connectivity index (χ3v) is 3.15. The molecule has 0 spiro atoms. The van der Waals surface area contributed by atoms with Gasteiger partial charge in [0.05, 0.1) is 27.6 Å². The van der Waals surface area contributed by atoms with Crippen LogP contribution in [0.25, 0.3) is 0 Å². The molecule has 0 bridgehead atoms. The van der Waals surface area contributed by atoms with Crippen LogP contribution < -0.4 is 10.6 Å². The molecule has 1 aromatic rings. The molecule has 1 heterocycles. The monoisotopic (exact) mass is 322 g/mol. The molecule has 0 aromatic heterocycles. The van der Waals surface area contributed by atoms with Gasteiger partial charge in [-0.25, -0.2) is 4.39 Å². The summed E-state index contributed by atoms with van der Waals surface area (Å²) in [7, 11) is 1.66. The average Bonchev–Trinajstić information content (AvgIpc) is 2.21. The van der Waals surface area contributed by atoms with Crippen molar-refractivity contribution in [3.05, 3.63) is 21.5 Å². The van der Waals surface area contributed by atoms with Gasteiger partial charge in [-0.15, -0.1) is 0 Å². The molecule has 0 amide bonds. The first-order valence-corrected chi connectivity index (χ1v) is 5.77. The van der Waals surface area contributed by atoms with Crippen LogP contribution in [0.5, 0.6) is 0 Å². The Bertz CT molecular complexity index is 373. The van der Waals surface area contributed by atoms with Gasteiger partial charge in [-0.05, 0) is 28.7 Å². The lowest BCUT2D eigenvalue weighted by molar-refractivity contribution is 0.188. The number of halogens is 2. The van der Waals surface area contributed by atoms with Crippen molar-refractivity contribution in [3.63, 3.8) is 0 Å². The van der Waals surface area contributed by atoms with Crippen molar-refractivity contribution in [1.82, 2.24) is 0 Å². The molecule has 0 fully saturated rings. The fourth-order valence-corrected chi connectivity index (χ4v) is 2.09. The molecular weight excluding hydrogens is 310 g/mol. The summed E-state index contributed by atoms with van der Waals surface area (Å²) >= 11 is 1.98. The van der Waals surface area contributed by atoms with Crippen molar-refractivity contribution < 1.29 is 9.13 Å². The zero-order valence-corrected chi connectivity index (χ0v) is 10.5. The Morgan fingerprint density at radius 3 is 3.07 bits per heavy atom. The number of rotatable bonds is 2. The van der Waals surface area contributed by atoms with Crippen LogP contribution in [0, 0.1) is 9.39 Å². The van der Waals surface area contributed by atoms with Gasteiger partial charge in [0.2, 0.25) is 0 Å². The average molecular weight is 322 g/mol. The number of anilines is 2. The number of methoxy groups -OCH3 is 1. The maximum Gasteiger partial charge on any atom is 0.138 e. The zero-order valence-electron chi connectivity index (χ0n) is 8.31. The highest BCUT2D eigenvalue weighted by Gasteiger charge is 2.18. The maximum atomic E-state index is 13.3. The van der Waals surface area contributed by atoms with Gasteiger partial charge >= 0.3 is 0 Å². The zero-order chi connectivity index (χ0) is 10.8. The van der Waals surface area contributed by atoms with Gasteiger partial charge in [0.1, 0.15) is 5.82 Å². The first-order valence-electron chi connectivity index (χ1n) is 4.69. The Morgan fingerprint density at radius 1 is 1.53 bits per heavy atom. The van der Waals surface area contributed by atoms with Crippen molar-refractivity contribution in [2.45, 2.75) is 6.04 Å². The molecule has 5 heteroatoms. The van der Waals surface area contributed by atoms with Crippen LogP contribution in [0.3, 0.4) is 0 Å². The maximum absolute atomic E-state index is 13.3. The second-order valence-electron chi connectivity index (χ2n) is 3.49. The quantitative estimate of drug-likeness (QED) is 0.820. The van der Waals surface area contributed by atoms with Crippen LogP contribution >= 0.6 is 22.6 Å². The number of benzene rings is 1. The van der Waals surface area contributed by atoms with Gasteiger partial charge in [-0.3, -0.25) is 0 Å². The lowest BCUT2D eigenvalue weighted by atomic mass is 10.1. The van der Waals surface area contributed by atoms with Gasteiger partial charge in [0, 0.05) is 19.7 Å². The van der Waals surface area contributed by atoms with Gasteiger partial charge in [0.25, 0.3) is 0 Å². The molecular formula is C10H12FIN2O. The largest absolute Gasteiger partial charge is 0.382 e. The minimum atomic E-state index is -0.193. The highest BCUT2D eigenvalue weighted by Crippen LogP contribution is 2.29.